The fourth-order valence-corrected chi connectivity index (χ4v) is 2.54. The van der Waals surface area contributed by atoms with E-state index in [4.69, 9.17) is 10.5 Å². The van der Waals surface area contributed by atoms with Crippen molar-refractivity contribution >= 4 is 0 Å². The summed E-state index contributed by atoms with van der Waals surface area (Å²) in [7, 11) is 0. The summed E-state index contributed by atoms with van der Waals surface area (Å²) in [5, 5.41) is 3.53. The first kappa shape index (κ1) is 14.5. The van der Waals surface area contributed by atoms with Crippen molar-refractivity contribution < 1.29 is 4.74 Å². The summed E-state index contributed by atoms with van der Waals surface area (Å²) in [4.78, 5) is 0. The lowest BCUT2D eigenvalue weighted by Crippen LogP contribution is -2.54. The third-order valence-corrected chi connectivity index (χ3v) is 4.49. The van der Waals surface area contributed by atoms with Gasteiger partial charge in [-0.3, -0.25) is 0 Å². The standard InChI is InChI=1S/C16H26N2O/c1-12-4-5-15(14(3)13(12)2)6-7-18-9-16(8-17)10-19-11-16/h4-5,18H,6-11,17H2,1-3H3. The van der Waals surface area contributed by atoms with E-state index in [2.05, 4.69) is 38.2 Å². The Morgan fingerprint density at radius 2 is 1.95 bits per heavy atom. The fourth-order valence-electron chi connectivity index (χ4n) is 2.54. The summed E-state index contributed by atoms with van der Waals surface area (Å²) in [5.74, 6) is 0. The van der Waals surface area contributed by atoms with Gasteiger partial charge in [-0.25, -0.2) is 0 Å². The van der Waals surface area contributed by atoms with E-state index in [0.717, 1.165) is 32.7 Å². The Morgan fingerprint density at radius 1 is 1.21 bits per heavy atom. The van der Waals surface area contributed by atoms with Gasteiger partial charge >= 0.3 is 0 Å². The first-order valence-electron chi connectivity index (χ1n) is 7.12. The maximum Gasteiger partial charge on any atom is 0.0569 e. The van der Waals surface area contributed by atoms with Gasteiger partial charge in [-0.05, 0) is 56.0 Å². The highest BCUT2D eigenvalue weighted by atomic mass is 16.5. The minimum Gasteiger partial charge on any atom is -0.380 e. The van der Waals surface area contributed by atoms with Crippen LogP contribution in [0.3, 0.4) is 0 Å². The normalized spacial score (nSPS) is 17.3. The second-order valence-electron chi connectivity index (χ2n) is 5.92. The van der Waals surface area contributed by atoms with Crippen molar-refractivity contribution in [1.29, 1.82) is 0 Å². The van der Waals surface area contributed by atoms with Crippen LogP contribution in [0.15, 0.2) is 12.1 Å². The number of nitrogens with one attached hydrogen (secondary N) is 1. The van der Waals surface area contributed by atoms with E-state index < -0.39 is 0 Å². The van der Waals surface area contributed by atoms with Crippen LogP contribution >= 0.6 is 0 Å². The van der Waals surface area contributed by atoms with Gasteiger partial charge in [-0.2, -0.15) is 0 Å². The highest BCUT2D eigenvalue weighted by molar-refractivity contribution is 5.38. The smallest absolute Gasteiger partial charge is 0.0569 e. The minimum atomic E-state index is 0.193. The predicted octanol–water partition coefficient (Wildman–Crippen LogP) is 1.72. The molecular weight excluding hydrogens is 236 g/mol. The summed E-state index contributed by atoms with van der Waals surface area (Å²) >= 11 is 0. The average molecular weight is 262 g/mol. The highest BCUT2D eigenvalue weighted by Gasteiger charge is 2.36. The Morgan fingerprint density at radius 3 is 2.53 bits per heavy atom. The van der Waals surface area contributed by atoms with Crippen molar-refractivity contribution in [1.82, 2.24) is 5.32 Å². The van der Waals surface area contributed by atoms with Crippen LogP contribution in [-0.2, 0) is 11.2 Å². The zero-order valence-electron chi connectivity index (χ0n) is 12.4. The molecule has 2 rings (SSSR count). The molecule has 0 amide bonds. The van der Waals surface area contributed by atoms with E-state index in [-0.39, 0.29) is 5.41 Å². The van der Waals surface area contributed by atoms with Gasteiger partial charge in [0.2, 0.25) is 0 Å². The highest BCUT2D eigenvalue weighted by Crippen LogP contribution is 2.24. The summed E-state index contributed by atoms with van der Waals surface area (Å²) < 4.78 is 5.27. The topological polar surface area (TPSA) is 47.3 Å². The van der Waals surface area contributed by atoms with Gasteiger partial charge in [0.05, 0.1) is 13.2 Å². The van der Waals surface area contributed by atoms with Crippen LogP contribution in [0.25, 0.3) is 0 Å². The zero-order chi connectivity index (χ0) is 13.9. The van der Waals surface area contributed by atoms with Crippen molar-refractivity contribution in [3.63, 3.8) is 0 Å². The molecule has 19 heavy (non-hydrogen) atoms. The molecule has 0 unspecified atom stereocenters. The van der Waals surface area contributed by atoms with Crippen molar-refractivity contribution in [2.24, 2.45) is 11.1 Å². The summed E-state index contributed by atoms with van der Waals surface area (Å²) in [6.45, 7) is 10.9. The Labute approximate surface area is 116 Å². The third kappa shape index (κ3) is 3.16. The van der Waals surface area contributed by atoms with Crippen LogP contribution in [0.2, 0.25) is 0 Å². The average Bonchev–Trinajstić information content (AvgIpc) is 2.37. The number of hydrogen-bond donors (Lipinski definition) is 2. The van der Waals surface area contributed by atoms with Crippen molar-refractivity contribution in [2.75, 3.05) is 32.8 Å². The van der Waals surface area contributed by atoms with Crippen molar-refractivity contribution in [2.45, 2.75) is 27.2 Å². The molecule has 3 heteroatoms. The number of benzene rings is 1. The fraction of sp³-hybridized carbons (Fsp3) is 0.625. The lowest BCUT2D eigenvalue weighted by molar-refractivity contribution is -0.104. The van der Waals surface area contributed by atoms with E-state index >= 15 is 0 Å². The van der Waals surface area contributed by atoms with Gasteiger partial charge in [0.1, 0.15) is 0 Å². The van der Waals surface area contributed by atoms with Crippen molar-refractivity contribution in [3.8, 4) is 0 Å². The first-order valence-corrected chi connectivity index (χ1v) is 7.12. The summed E-state index contributed by atoms with van der Waals surface area (Å²) in [6.07, 6.45) is 1.08. The van der Waals surface area contributed by atoms with Gasteiger partial charge < -0.3 is 15.8 Å². The van der Waals surface area contributed by atoms with E-state index in [9.17, 15) is 0 Å². The van der Waals surface area contributed by atoms with E-state index in [1.165, 1.54) is 22.3 Å². The molecule has 1 aromatic rings. The number of ether oxygens (including phenoxy) is 1. The monoisotopic (exact) mass is 262 g/mol. The molecule has 3 N–H and O–H groups in total. The molecule has 1 aliphatic heterocycles. The molecule has 0 saturated carbocycles. The number of aryl methyl sites for hydroxylation is 1. The lowest BCUT2D eigenvalue weighted by atomic mass is 9.86. The number of nitrogens with two attached hydrogens (primary N) is 1. The maximum atomic E-state index is 5.80. The van der Waals surface area contributed by atoms with E-state index in [1.54, 1.807) is 0 Å². The quantitative estimate of drug-likeness (QED) is 0.767. The summed E-state index contributed by atoms with van der Waals surface area (Å²) in [6, 6.07) is 4.48. The van der Waals surface area contributed by atoms with Gasteiger partial charge in [-0.1, -0.05) is 12.1 Å². The molecule has 106 valence electrons. The van der Waals surface area contributed by atoms with Gasteiger partial charge in [0.25, 0.3) is 0 Å². The SMILES string of the molecule is Cc1ccc(CCNCC2(CN)COC2)c(C)c1C. The molecule has 1 aromatic carbocycles. The Kier molecular flexibility index (Phi) is 4.61. The van der Waals surface area contributed by atoms with E-state index in [0.29, 0.717) is 6.54 Å². The van der Waals surface area contributed by atoms with E-state index in [1.807, 2.05) is 0 Å². The van der Waals surface area contributed by atoms with Crippen LogP contribution in [0.5, 0.6) is 0 Å². The number of rotatable bonds is 6. The number of hydrogen-bond acceptors (Lipinski definition) is 3. The molecule has 0 radical (unpaired) electrons. The van der Waals surface area contributed by atoms with Crippen LogP contribution in [0, 0.1) is 26.2 Å². The molecule has 0 aliphatic carbocycles. The molecule has 3 nitrogen and oxygen atoms in total. The Bertz CT molecular complexity index is 433. The lowest BCUT2D eigenvalue weighted by Gasteiger charge is -2.40. The second kappa shape index (κ2) is 6.04. The Hall–Kier alpha value is -0.900. The predicted molar refractivity (Wildman–Crippen MR) is 79.5 cm³/mol. The molecule has 0 spiro atoms. The first-order chi connectivity index (χ1) is 9.08. The molecule has 0 bridgehead atoms. The van der Waals surface area contributed by atoms with Crippen LogP contribution < -0.4 is 11.1 Å². The van der Waals surface area contributed by atoms with Crippen LogP contribution in [0.1, 0.15) is 22.3 Å². The minimum absolute atomic E-state index is 0.193. The van der Waals surface area contributed by atoms with Gasteiger partial charge in [-0.15, -0.1) is 0 Å². The Balaban J connectivity index is 1.81. The van der Waals surface area contributed by atoms with Crippen molar-refractivity contribution in [3.05, 3.63) is 34.4 Å². The zero-order valence-corrected chi connectivity index (χ0v) is 12.4. The molecule has 1 saturated heterocycles. The molecule has 1 heterocycles. The third-order valence-electron chi connectivity index (χ3n) is 4.49. The van der Waals surface area contributed by atoms with Gasteiger partial charge in [0, 0.05) is 18.5 Å². The summed E-state index contributed by atoms with van der Waals surface area (Å²) in [5.41, 5.74) is 11.7. The molecule has 0 aromatic heterocycles. The van der Waals surface area contributed by atoms with Crippen LogP contribution in [-0.4, -0.2) is 32.8 Å². The van der Waals surface area contributed by atoms with Gasteiger partial charge in [0.15, 0.2) is 0 Å². The molecular formula is C16H26N2O. The van der Waals surface area contributed by atoms with Crippen LogP contribution in [0.4, 0.5) is 0 Å². The molecule has 1 fully saturated rings. The largest absolute Gasteiger partial charge is 0.380 e. The maximum absolute atomic E-state index is 5.80. The molecule has 1 aliphatic rings. The second-order valence-corrected chi connectivity index (χ2v) is 5.92. The molecule has 0 atom stereocenters.